The van der Waals surface area contributed by atoms with Crippen LogP contribution < -0.4 is 5.32 Å². The maximum absolute atomic E-state index is 11.0. The zero-order valence-electron chi connectivity index (χ0n) is 10.9. The van der Waals surface area contributed by atoms with Crippen LogP contribution in [0.5, 0.6) is 0 Å². The molecule has 0 radical (unpaired) electrons. The van der Waals surface area contributed by atoms with Crippen molar-refractivity contribution in [1.82, 2.24) is 29.9 Å². The van der Waals surface area contributed by atoms with Gasteiger partial charge in [-0.3, -0.25) is 4.68 Å². The molecular formula is C11H16N6O2. The molecule has 19 heavy (non-hydrogen) atoms. The zero-order valence-corrected chi connectivity index (χ0v) is 10.9. The zero-order chi connectivity index (χ0) is 13.8. The number of nitrogens with zero attached hydrogens (tertiary/aromatic N) is 5. The van der Waals surface area contributed by atoms with Crippen LogP contribution in [0.1, 0.15) is 28.8 Å². The van der Waals surface area contributed by atoms with Crippen molar-refractivity contribution in [3.05, 3.63) is 29.6 Å². The Bertz CT molecular complexity index is 574. The predicted molar refractivity (Wildman–Crippen MR) is 66.4 cm³/mol. The predicted octanol–water partition coefficient (Wildman–Crippen LogP) is 0.0195. The summed E-state index contributed by atoms with van der Waals surface area (Å²) < 4.78 is 3.48. The summed E-state index contributed by atoms with van der Waals surface area (Å²) in [6.07, 6.45) is 3.03. The lowest BCUT2D eigenvalue weighted by Crippen LogP contribution is -2.19. The highest BCUT2D eigenvalue weighted by Crippen LogP contribution is 2.07. The molecule has 0 aromatic carbocycles. The van der Waals surface area contributed by atoms with E-state index in [0.717, 1.165) is 12.4 Å². The molecule has 8 heteroatoms. The quantitative estimate of drug-likeness (QED) is 0.763. The van der Waals surface area contributed by atoms with E-state index in [1.807, 2.05) is 11.5 Å². The molecule has 0 saturated carbocycles. The Morgan fingerprint density at radius 2 is 2.26 bits per heavy atom. The molecule has 2 N–H and O–H groups in total. The molecular weight excluding hydrogens is 248 g/mol. The van der Waals surface area contributed by atoms with Gasteiger partial charge in [-0.25, -0.2) is 4.79 Å². The number of hydrogen-bond acceptors (Lipinski definition) is 5. The van der Waals surface area contributed by atoms with Crippen LogP contribution in [0.3, 0.4) is 0 Å². The van der Waals surface area contributed by atoms with Gasteiger partial charge in [0.1, 0.15) is 17.7 Å². The van der Waals surface area contributed by atoms with E-state index in [1.165, 1.54) is 6.20 Å². The Morgan fingerprint density at radius 3 is 2.95 bits per heavy atom. The normalized spacial score (nSPS) is 10.8. The minimum Gasteiger partial charge on any atom is -0.478 e. The number of nitrogens with one attached hydrogen (secondary N) is 1. The number of aromatic nitrogens is 5. The fourth-order valence-electron chi connectivity index (χ4n) is 1.82. The highest BCUT2D eigenvalue weighted by molar-refractivity contribution is 5.88. The summed E-state index contributed by atoms with van der Waals surface area (Å²) in [5.41, 5.74) is 0.849. The van der Waals surface area contributed by atoms with Gasteiger partial charge in [0, 0.05) is 20.1 Å². The van der Waals surface area contributed by atoms with Gasteiger partial charge in [0.2, 0.25) is 0 Å². The van der Waals surface area contributed by atoms with Crippen molar-refractivity contribution < 1.29 is 9.90 Å². The number of carboxylic acids is 1. The van der Waals surface area contributed by atoms with E-state index >= 15 is 0 Å². The van der Waals surface area contributed by atoms with E-state index < -0.39 is 5.97 Å². The van der Waals surface area contributed by atoms with E-state index in [1.54, 1.807) is 18.1 Å². The molecule has 0 bridgehead atoms. The van der Waals surface area contributed by atoms with Crippen molar-refractivity contribution in [1.29, 1.82) is 0 Å². The first-order valence-electron chi connectivity index (χ1n) is 5.95. The molecule has 8 nitrogen and oxygen atoms in total. The number of carbonyl (C=O) groups is 1. The van der Waals surface area contributed by atoms with Gasteiger partial charge in [0.25, 0.3) is 0 Å². The van der Waals surface area contributed by atoms with Crippen molar-refractivity contribution in [2.75, 3.05) is 0 Å². The number of carboxylic acid groups (broad SMARTS) is 1. The second-order valence-corrected chi connectivity index (χ2v) is 4.07. The summed E-state index contributed by atoms with van der Waals surface area (Å²) in [5.74, 6) is -0.150. The molecule has 2 aromatic heterocycles. The third-order valence-corrected chi connectivity index (χ3v) is 2.90. The van der Waals surface area contributed by atoms with Crippen LogP contribution in [0, 0.1) is 0 Å². The molecule has 0 aliphatic rings. The van der Waals surface area contributed by atoms with Gasteiger partial charge < -0.3 is 15.0 Å². The van der Waals surface area contributed by atoms with Crippen LogP contribution in [0.2, 0.25) is 0 Å². The van der Waals surface area contributed by atoms with Crippen molar-refractivity contribution >= 4 is 5.97 Å². The summed E-state index contributed by atoms with van der Waals surface area (Å²) in [4.78, 5) is 11.0. The highest BCUT2D eigenvalue weighted by atomic mass is 16.4. The van der Waals surface area contributed by atoms with E-state index in [-0.39, 0.29) is 5.56 Å². The monoisotopic (exact) mass is 264 g/mol. The molecule has 0 amide bonds. The lowest BCUT2D eigenvalue weighted by molar-refractivity contribution is 0.0695. The Kier molecular flexibility index (Phi) is 3.91. The molecule has 0 aliphatic heterocycles. The standard InChI is InChI=1S/C11H16N6O2/c1-3-17-7-13-15-10(17)6-12-5-9-8(11(18)19)4-14-16(9)2/h4,7,12H,3,5-6H2,1-2H3,(H,18,19). The molecule has 2 heterocycles. The SMILES string of the molecule is CCn1cnnc1CNCc1c(C(=O)O)cnn1C. The number of hydrogen-bond donors (Lipinski definition) is 2. The van der Waals surface area contributed by atoms with Gasteiger partial charge in [-0.05, 0) is 6.92 Å². The molecule has 0 fully saturated rings. The first-order chi connectivity index (χ1) is 9.13. The summed E-state index contributed by atoms with van der Waals surface area (Å²) >= 11 is 0. The summed E-state index contributed by atoms with van der Waals surface area (Å²) in [7, 11) is 1.72. The molecule has 0 unspecified atom stereocenters. The molecule has 0 spiro atoms. The third-order valence-electron chi connectivity index (χ3n) is 2.90. The maximum Gasteiger partial charge on any atom is 0.339 e. The molecule has 0 aliphatic carbocycles. The van der Waals surface area contributed by atoms with Gasteiger partial charge in [-0.1, -0.05) is 0 Å². The second-order valence-electron chi connectivity index (χ2n) is 4.07. The minimum atomic E-state index is -0.971. The van der Waals surface area contributed by atoms with Crippen LogP contribution in [0.4, 0.5) is 0 Å². The van der Waals surface area contributed by atoms with Crippen molar-refractivity contribution in [2.24, 2.45) is 7.05 Å². The lowest BCUT2D eigenvalue weighted by atomic mass is 10.2. The van der Waals surface area contributed by atoms with E-state index in [9.17, 15) is 4.79 Å². The van der Waals surface area contributed by atoms with E-state index in [2.05, 4.69) is 20.6 Å². The number of aromatic carboxylic acids is 1. The van der Waals surface area contributed by atoms with Crippen molar-refractivity contribution in [3.8, 4) is 0 Å². The molecule has 102 valence electrons. The second kappa shape index (κ2) is 5.61. The average Bonchev–Trinajstić information content (AvgIpc) is 2.97. The maximum atomic E-state index is 11.0. The van der Waals surface area contributed by atoms with Gasteiger partial charge in [-0.2, -0.15) is 5.10 Å². The van der Waals surface area contributed by atoms with Gasteiger partial charge >= 0.3 is 5.97 Å². The summed E-state index contributed by atoms with van der Waals surface area (Å²) in [6, 6.07) is 0. The Balaban J connectivity index is 2.00. The van der Waals surface area contributed by atoms with Gasteiger partial charge in [0.05, 0.1) is 18.4 Å². The van der Waals surface area contributed by atoms with Crippen LogP contribution in [0.25, 0.3) is 0 Å². The first-order valence-corrected chi connectivity index (χ1v) is 5.95. The average molecular weight is 264 g/mol. The van der Waals surface area contributed by atoms with E-state index in [4.69, 9.17) is 5.11 Å². The van der Waals surface area contributed by atoms with Gasteiger partial charge in [0.15, 0.2) is 0 Å². The highest BCUT2D eigenvalue weighted by Gasteiger charge is 2.14. The number of aryl methyl sites for hydroxylation is 2. The summed E-state index contributed by atoms with van der Waals surface area (Å²) in [5, 5.41) is 24.0. The Labute approximate surface area is 110 Å². The van der Waals surface area contributed by atoms with Crippen LogP contribution >= 0.6 is 0 Å². The minimum absolute atomic E-state index is 0.215. The number of rotatable bonds is 6. The smallest absolute Gasteiger partial charge is 0.339 e. The molecule has 2 aromatic rings. The van der Waals surface area contributed by atoms with Crippen molar-refractivity contribution in [2.45, 2.75) is 26.6 Å². The Hall–Kier alpha value is -2.22. The van der Waals surface area contributed by atoms with Crippen LogP contribution in [-0.2, 0) is 26.7 Å². The fraction of sp³-hybridized carbons (Fsp3) is 0.455. The summed E-state index contributed by atoms with van der Waals surface area (Å²) in [6.45, 7) is 3.75. The molecule has 2 rings (SSSR count). The topological polar surface area (TPSA) is 97.9 Å². The van der Waals surface area contributed by atoms with E-state index in [0.29, 0.717) is 18.8 Å². The third kappa shape index (κ3) is 2.79. The van der Waals surface area contributed by atoms with Crippen molar-refractivity contribution in [3.63, 3.8) is 0 Å². The fourth-order valence-corrected chi connectivity index (χ4v) is 1.82. The van der Waals surface area contributed by atoms with Crippen LogP contribution in [0.15, 0.2) is 12.5 Å². The first kappa shape index (κ1) is 13.2. The molecule has 0 saturated heterocycles. The molecule has 0 atom stereocenters. The van der Waals surface area contributed by atoms with Gasteiger partial charge in [-0.15, -0.1) is 10.2 Å². The largest absolute Gasteiger partial charge is 0.478 e. The lowest BCUT2D eigenvalue weighted by Gasteiger charge is -2.07. The Morgan fingerprint density at radius 1 is 1.47 bits per heavy atom. The van der Waals surface area contributed by atoms with Crippen LogP contribution in [-0.4, -0.2) is 35.6 Å².